The minimum atomic E-state index is -0.224. The van der Waals surface area contributed by atoms with E-state index in [-0.39, 0.29) is 11.9 Å². The predicted octanol–water partition coefficient (Wildman–Crippen LogP) is 2.38. The molecule has 0 spiro atoms. The quantitative estimate of drug-likeness (QED) is 0.653. The van der Waals surface area contributed by atoms with Crippen LogP contribution in [0.25, 0.3) is 22.4 Å². The number of rotatable bonds is 6. The van der Waals surface area contributed by atoms with Gasteiger partial charge in [0.25, 0.3) is 0 Å². The third-order valence-corrected chi connectivity index (χ3v) is 5.19. The Labute approximate surface area is 158 Å². The SMILES string of the molecule is Cn1nc(C(=O)CCCN2CCCC(O)C2)cc1-c1cc2ncccc2[nH]1. The van der Waals surface area contributed by atoms with Gasteiger partial charge in [0.05, 0.1) is 28.5 Å². The summed E-state index contributed by atoms with van der Waals surface area (Å²) >= 11 is 0. The Morgan fingerprint density at radius 3 is 3.11 bits per heavy atom. The van der Waals surface area contributed by atoms with Gasteiger partial charge in [0.1, 0.15) is 5.69 Å². The minimum absolute atomic E-state index is 0.0589. The molecule has 7 nitrogen and oxygen atoms in total. The predicted molar refractivity (Wildman–Crippen MR) is 104 cm³/mol. The monoisotopic (exact) mass is 367 g/mol. The van der Waals surface area contributed by atoms with Crippen molar-refractivity contribution in [2.24, 2.45) is 7.05 Å². The second kappa shape index (κ2) is 7.62. The summed E-state index contributed by atoms with van der Waals surface area (Å²) in [5.41, 5.74) is 4.13. The van der Waals surface area contributed by atoms with Crippen LogP contribution in [0.3, 0.4) is 0 Å². The number of fused-ring (bicyclic) bond motifs is 1. The van der Waals surface area contributed by atoms with E-state index in [1.165, 1.54) is 0 Å². The molecule has 7 heteroatoms. The zero-order valence-corrected chi connectivity index (χ0v) is 15.6. The molecule has 0 radical (unpaired) electrons. The summed E-state index contributed by atoms with van der Waals surface area (Å²) in [7, 11) is 1.85. The molecule has 0 aliphatic carbocycles. The van der Waals surface area contributed by atoms with Gasteiger partial charge in [0.15, 0.2) is 5.78 Å². The summed E-state index contributed by atoms with van der Waals surface area (Å²) in [6.45, 7) is 2.57. The number of aromatic nitrogens is 4. The van der Waals surface area contributed by atoms with Crippen molar-refractivity contribution in [3.05, 3.63) is 36.2 Å². The van der Waals surface area contributed by atoms with Crippen molar-refractivity contribution in [2.45, 2.75) is 31.8 Å². The number of piperidine rings is 1. The first kappa shape index (κ1) is 17.9. The van der Waals surface area contributed by atoms with E-state index in [4.69, 9.17) is 0 Å². The van der Waals surface area contributed by atoms with Crippen LogP contribution in [0.1, 0.15) is 36.2 Å². The fourth-order valence-electron chi connectivity index (χ4n) is 3.78. The van der Waals surface area contributed by atoms with E-state index in [2.05, 4.69) is 20.0 Å². The number of aliphatic hydroxyl groups is 1. The van der Waals surface area contributed by atoms with Crippen LogP contribution in [-0.4, -0.2) is 61.3 Å². The highest BCUT2D eigenvalue weighted by molar-refractivity contribution is 5.95. The zero-order chi connectivity index (χ0) is 18.8. The molecule has 142 valence electrons. The highest BCUT2D eigenvalue weighted by atomic mass is 16.3. The lowest BCUT2D eigenvalue weighted by atomic mass is 10.1. The van der Waals surface area contributed by atoms with Gasteiger partial charge in [-0.05, 0) is 56.6 Å². The van der Waals surface area contributed by atoms with E-state index in [1.807, 2.05) is 31.3 Å². The first-order valence-electron chi connectivity index (χ1n) is 9.52. The Bertz CT molecular complexity index is 912. The van der Waals surface area contributed by atoms with E-state index >= 15 is 0 Å². The maximum absolute atomic E-state index is 12.6. The lowest BCUT2D eigenvalue weighted by Gasteiger charge is -2.29. The molecule has 1 aliphatic heterocycles. The maximum atomic E-state index is 12.6. The largest absolute Gasteiger partial charge is 0.392 e. The first-order valence-corrected chi connectivity index (χ1v) is 9.52. The van der Waals surface area contributed by atoms with Crippen molar-refractivity contribution in [3.8, 4) is 11.4 Å². The molecule has 1 aliphatic rings. The van der Waals surface area contributed by atoms with Gasteiger partial charge in [-0.1, -0.05) is 0 Å². The number of hydrogen-bond acceptors (Lipinski definition) is 5. The highest BCUT2D eigenvalue weighted by Crippen LogP contribution is 2.23. The second-order valence-electron chi connectivity index (χ2n) is 7.28. The molecule has 1 fully saturated rings. The molecule has 2 N–H and O–H groups in total. The van der Waals surface area contributed by atoms with Crippen molar-refractivity contribution < 1.29 is 9.90 Å². The van der Waals surface area contributed by atoms with Crippen molar-refractivity contribution in [1.29, 1.82) is 0 Å². The van der Waals surface area contributed by atoms with Crippen molar-refractivity contribution in [1.82, 2.24) is 24.6 Å². The van der Waals surface area contributed by atoms with Gasteiger partial charge in [-0.15, -0.1) is 0 Å². The van der Waals surface area contributed by atoms with Crippen molar-refractivity contribution in [3.63, 3.8) is 0 Å². The van der Waals surface area contributed by atoms with Crippen LogP contribution in [0, 0.1) is 0 Å². The summed E-state index contributed by atoms with van der Waals surface area (Å²) < 4.78 is 1.74. The van der Waals surface area contributed by atoms with Crippen LogP contribution in [-0.2, 0) is 7.05 Å². The molecule has 4 heterocycles. The van der Waals surface area contributed by atoms with Gasteiger partial charge in [-0.25, -0.2) is 0 Å². The third kappa shape index (κ3) is 3.94. The number of β-amino-alcohol motifs (C(OH)–C–C–N with tert-alkyl or cyclic N) is 1. The number of likely N-dealkylation sites (tertiary alicyclic amines) is 1. The van der Waals surface area contributed by atoms with Crippen molar-refractivity contribution in [2.75, 3.05) is 19.6 Å². The average molecular weight is 367 g/mol. The summed E-state index contributed by atoms with van der Waals surface area (Å²) in [6, 6.07) is 7.69. The number of nitrogens with zero attached hydrogens (tertiary/aromatic N) is 4. The second-order valence-corrected chi connectivity index (χ2v) is 7.28. The number of aromatic amines is 1. The molecule has 0 amide bonds. The number of aryl methyl sites for hydroxylation is 1. The molecule has 4 rings (SSSR count). The van der Waals surface area contributed by atoms with Crippen LogP contribution >= 0.6 is 0 Å². The third-order valence-electron chi connectivity index (χ3n) is 5.19. The van der Waals surface area contributed by atoms with E-state index in [0.717, 1.165) is 61.3 Å². The molecular formula is C20H25N5O2. The maximum Gasteiger partial charge on any atom is 0.183 e. The Hall–Kier alpha value is -2.51. The van der Waals surface area contributed by atoms with Gasteiger partial charge in [0.2, 0.25) is 0 Å². The van der Waals surface area contributed by atoms with Crippen LogP contribution < -0.4 is 0 Å². The summed E-state index contributed by atoms with van der Waals surface area (Å²) in [4.78, 5) is 22.5. The molecule has 27 heavy (non-hydrogen) atoms. The first-order chi connectivity index (χ1) is 13.1. The van der Waals surface area contributed by atoms with Gasteiger partial charge < -0.3 is 15.0 Å². The molecule has 1 atom stereocenters. The normalized spacial score (nSPS) is 18.2. The molecule has 3 aromatic heterocycles. The van der Waals surface area contributed by atoms with E-state index < -0.39 is 0 Å². The fraction of sp³-hybridized carbons (Fsp3) is 0.450. The Morgan fingerprint density at radius 1 is 1.41 bits per heavy atom. The van der Waals surface area contributed by atoms with Crippen LogP contribution in [0.2, 0.25) is 0 Å². The van der Waals surface area contributed by atoms with Crippen LogP contribution in [0.15, 0.2) is 30.5 Å². The molecule has 1 unspecified atom stereocenters. The Kier molecular flexibility index (Phi) is 5.05. The Morgan fingerprint density at radius 2 is 2.30 bits per heavy atom. The smallest absolute Gasteiger partial charge is 0.183 e. The highest BCUT2D eigenvalue weighted by Gasteiger charge is 2.19. The lowest BCUT2D eigenvalue weighted by molar-refractivity contribution is 0.0691. The molecule has 1 saturated heterocycles. The number of carbonyl (C=O) groups excluding carboxylic acids is 1. The number of nitrogens with one attached hydrogen (secondary N) is 1. The van der Waals surface area contributed by atoms with E-state index in [0.29, 0.717) is 12.1 Å². The molecular weight excluding hydrogens is 342 g/mol. The molecule has 0 aromatic carbocycles. The van der Waals surface area contributed by atoms with E-state index in [1.54, 1.807) is 10.9 Å². The molecule has 3 aromatic rings. The van der Waals surface area contributed by atoms with Crippen LogP contribution in [0.4, 0.5) is 0 Å². The minimum Gasteiger partial charge on any atom is -0.392 e. The number of carbonyl (C=O) groups is 1. The number of aliphatic hydroxyl groups excluding tert-OH is 1. The summed E-state index contributed by atoms with van der Waals surface area (Å²) in [5, 5.41) is 14.1. The Balaban J connectivity index is 1.40. The molecule has 0 bridgehead atoms. The van der Waals surface area contributed by atoms with Gasteiger partial charge in [-0.2, -0.15) is 5.10 Å². The summed E-state index contributed by atoms with van der Waals surface area (Å²) in [5.74, 6) is 0.0589. The fourth-order valence-corrected chi connectivity index (χ4v) is 3.78. The molecule has 0 saturated carbocycles. The topological polar surface area (TPSA) is 87.0 Å². The standard InChI is InChI=1S/C20H25N5O2/c1-24-19(17-11-16-15(22-17)6-2-8-21-16)12-18(23-24)20(27)7-4-10-25-9-3-5-14(26)13-25/h2,6,8,11-12,14,22,26H,3-5,7,9-10,13H2,1H3. The van der Waals surface area contributed by atoms with Gasteiger partial charge in [-0.3, -0.25) is 14.5 Å². The summed E-state index contributed by atoms with van der Waals surface area (Å²) in [6.07, 6.45) is 4.71. The zero-order valence-electron chi connectivity index (χ0n) is 15.6. The van der Waals surface area contributed by atoms with E-state index in [9.17, 15) is 9.90 Å². The van der Waals surface area contributed by atoms with Crippen LogP contribution in [0.5, 0.6) is 0 Å². The number of ketones is 1. The number of hydrogen-bond donors (Lipinski definition) is 2. The number of Topliss-reactive ketones (excluding diaryl/α,β-unsaturated/α-hetero) is 1. The average Bonchev–Trinajstić information content (AvgIpc) is 3.25. The van der Waals surface area contributed by atoms with Gasteiger partial charge >= 0.3 is 0 Å². The lowest BCUT2D eigenvalue weighted by Crippen LogP contribution is -2.38. The van der Waals surface area contributed by atoms with Gasteiger partial charge in [0, 0.05) is 26.2 Å². The number of pyridine rings is 1. The van der Waals surface area contributed by atoms with Crippen molar-refractivity contribution >= 4 is 16.8 Å². The number of H-pyrrole nitrogens is 1.